The highest BCUT2D eigenvalue weighted by Gasteiger charge is 2.18. The Bertz CT molecular complexity index is 1620. The molecule has 10 heteroatoms. The number of carbonyl (C=O) groups is 1. The van der Waals surface area contributed by atoms with Crippen LogP contribution in [0.15, 0.2) is 65.6 Å². The Morgan fingerprint density at radius 3 is 2.67 bits per heavy atom. The van der Waals surface area contributed by atoms with Crippen LogP contribution in [0.5, 0.6) is 0 Å². The SMILES string of the molecule is Cc1cc(NC(=O)CSCc2ccccc2)n(-c2nc3c(cnn3-c3cccc(C)c3C)c(=O)[nH]2)n1. The fraction of sp³-hybridized carbons (Fsp3) is 0.192. The number of hydrogen-bond acceptors (Lipinski definition) is 6. The predicted octanol–water partition coefficient (Wildman–Crippen LogP) is 4.09. The van der Waals surface area contributed by atoms with Gasteiger partial charge in [0.05, 0.1) is 23.3 Å². The van der Waals surface area contributed by atoms with E-state index in [0.717, 1.165) is 28.1 Å². The minimum atomic E-state index is -0.338. The number of anilines is 1. The number of nitrogens with one attached hydrogen (secondary N) is 2. The molecule has 5 aromatic rings. The van der Waals surface area contributed by atoms with Gasteiger partial charge in [-0.3, -0.25) is 14.6 Å². The van der Waals surface area contributed by atoms with Crippen LogP contribution in [0.1, 0.15) is 22.4 Å². The van der Waals surface area contributed by atoms with Gasteiger partial charge in [-0.25, -0.2) is 4.68 Å². The average Bonchev–Trinajstić information content (AvgIpc) is 3.45. The van der Waals surface area contributed by atoms with Gasteiger partial charge in [0.1, 0.15) is 11.2 Å². The second-order valence-corrected chi connectivity index (χ2v) is 9.50. The summed E-state index contributed by atoms with van der Waals surface area (Å²) in [6.45, 7) is 5.84. The van der Waals surface area contributed by atoms with Crippen molar-refractivity contribution in [2.75, 3.05) is 11.1 Å². The Hall–Kier alpha value is -4.18. The first-order chi connectivity index (χ1) is 17.4. The highest BCUT2D eigenvalue weighted by Crippen LogP contribution is 2.22. The van der Waals surface area contributed by atoms with Crippen LogP contribution < -0.4 is 10.9 Å². The van der Waals surface area contributed by atoms with E-state index >= 15 is 0 Å². The number of rotatable bonds is 7. The Morgan fingerprint density at radius 2 is 1.86 bits per heavy atom. The molecule has 0 aliphatic rings. The van der Waals surface area contributed by atoms with Crippen molar-refractivity contribution in [2.45, 2.75) is 26.5 Å². The molecule has 0 unspecified atom stereocenters. The fourth-order valence-corrected chi connectivity index (χ4v) is 4.70. The maximum absolute atomic E-state index is 12.9. The monoisotopic (exact) mass is 499 g/mol. The van der Waals surface area contributed by atoms with Crippen molar-refractivity contribution in [1.82, 2.24) is 29.5 Å². The molecule has 5 rings (SSSR count). The van der Waals surface area contributed by atoms with Crippen molar-refractivity contribution in [3.05, 3.63) is 93.5 Å². The Morgan fingerprint density at radius 1 is 1.06 bits per heavy atom. The molecular weight excluding hydrogens is 474 g/mol. The number of benzene rings is 2. The van der Waals surface area contributed by atoms with E-state index in [1.807, 2.05) is 69.3 Å². The van der Waals surface area contributed by atoms with Crippen LogP contribution in [0.4, 0.5) is 5.82 Å². The first kappa shape index (κ1) is 23.6. The van der Waals surface area contributed by atoms with Crippen molar-refractivity contribution in [2.24, 2.45) is 0 Å². The summed E-state index contributed by atoms with van der Waals surface area (Å²) in [7, 11) is 0. The van der Waals surface area contributed by atoms with Gasteiger partial charge in [0, 0.05) is 11.8 Å². The molecule has 182 valence electrons. The summed E-state index contributed by atoms with van der Waals surface area (Å²) in [6.07, 6.45) is 1.51. The molecule has 1 amide bonds. The van der Waals surface area contributed by atoms with Crippen LogP contribution >= 0.6 is 11.8 Å². The zero-order valence-electron chi connectivity index (χ0n) is 20.1. The molecule has 0 atom stereocenters. The van der Waals surface area contributed by atoms with E-state index in [2.05, 4.69) is 25.5 Å². The van der Waals surface area contributed by atoms with Gasteiger partial charge in [0.2, 0.25) is 11.9 Å². The van der Waals surface area contributed by atoms with Crippen LogP contribution in [-0.2, 0) is 10.5 Å². The molecule has 0 fully saturated rings. The summed E-state index contributed by atoms with van der Waals surface area (Å²) in [4.78, 5) is 33.0. The summed E-state index contributed by atoms with van der Waals surface area (Å²) < 4.78 is 3.10. The Labute approximate surface area is 211 Å². The van der Waals surface area contributed by atoms with Crippen LogP contribution in [0.2, 0.25) is 0 Å². The van der Waals surface area contributed by atoms with Crippen molar-refractivity contribution >= 4 is 34.5 Å². The second kappa shape index (κ2) is 9.82. The average molecular weight is 500 g/mol. The van der Waals surface area contributed by atoms with Gasteiger partial charge in [-0.05, 0) is 43.5 Å². The number of H-pyrrole nitrogens is 1. The second-order valence-electron chi connectivity index (χ2n) is 8.51. The number of carbonyl (C=O) groups excluding carboxylic acids is 1. The maximum Gasteiger partial charge on any atom is 0.263 e. The Balaban J connectivity index is 1.44. The molecule has 2 aromatic carbocycles. The fourth-order valence-electron chi connectivity index (χ4n) is 3.91. The molecule has 0 saturated heterocycles. The summed E-state index contributed by atoms with van der Waals surface area (Å²) in [6, 6.07) is 17.6. The van der Waals surface area contributed by atoms with E-state index in [4.69, 9.17) is 0 Å². The molecule has 0 saturated carbocycles. The van der Waals surface area contributed by atoms with E-state index in [-0.39, 0.29) is 23.2 Å². The molecule has 2 N–H and O–H groups in total. The molecule has 0 radical (unpaired) electrons. The van der Waals surface area contributed by atoms with E-state index in [0.29, 0.717) is 22.5 Å². The molecule has 3 heterocycles. The van der Waals surface area contributed by atoms with Crippen LogP contribution in [0.3, 0.4) is 0 Å². The number of aromatic nitrogens is 6. The third-order valence-corrected chi connectivity index (χ3v) is 6.88. The molecular formula is C26H25N7O2S. The lowest BCUT2D eigenvalue weighted by Gasteiger charge is -2.11. The van der Waals surface area contributed by atoms with Crippen LogP contribution in [0.25, 0.3) is 22.7 Å². The number of nitrogens with zero attached hydrogens (tertiary/aromatic N) is 5. The number of thioether (sulfide) groups is 1. The highest BCUT2D eigenvalue weighted by atomic mass is 32.2. The van der Waals surface area contributed by atoms with E-state index in [1.165, 1.54) is 22.6 Å². The maximum atomic E-state index is 12.9. The third kappa shape index (κ3) is 4.67. The number of fused-ring (bicyclic) bond motifs is 1. The molecule has 3 aromatic heterocycles. The van der Waals surface area contributed by atoms with E-state index < -0.39 is 0 Å². The van der Waals surface area contributed by atoms with Gasteiger partial charge >= 0.3 is 0 Å². The van der Waals surface area contributed by atoms with E-state index in [9.17, 15) is 9.59 Å². The first-order valence-electron chi connectivity index (χ1n) is 11.4. The van der Waals surface area contributed by atoms with Crippen molar-refractivity contribution < 1.29 is 4.79 Å². The van der Waals surface area contributed by atoms with E-state index in [1.54, 1.807) is 10.7 Å². The number of amides is 1. The topological polar surface area (TPSA) is 110 Å². The zero-order chi connectivity index (χ0) is 25.2. The minimum Gasteiger partial charge on any atom is -0.310 e. The summed E-state index contributed by atoms with van der Waals surface area (Å²) in [5.41, 5.74) is 4.90. The molecule has 0 bridgehead atoms. The van der Waals surface area contributed by atoms with Gasteiger partial charge < -0.3 is 5.32 Å². The lowest BCUT2D eigenvalue weighted by Crippen LogP contribution is -2.20. The van der Waals surface area contributed by atoms with Gasteiger partial charge in [0.25, 0.3) is 5.56 Å². The van der Waals surface area contributed by atoms with Crippen LogP contribution in [0, 0.1) is 20.8 Å². The lowest BCUT2D eigenvalue weighted by molar-refractivity contribution is -0.113. The molecule has 0 aliphatic carbocycles. The first-order valence-corrected chi connectivity index (χ1v) is 12.6. The molecule has 9 nitrogen and oxygen atoms in total. The standard InChI is InChI=1S/C26H25N7O2S/c1-16-8-7-11-21(18(16)3)32-24-20(13-27-32)25(35)30-26(29-24)33-22(12-17(2)31-33)28-23(34)15-36-14-19-9-5-4-6-10-19/h4-13H,14-15H2,1-3H3,(H,28,34)(H,29,30,35). The van der Waals surface area contributed by atoms with Gasteiger partial charge in [0.15, 0.2) is 5.65 Å². The smallest absolute Gasteiger partial charge is 0.263 e. The normalized spacial score (nSPS) is 11.2. The van der Waals surface area contributed by atoms with Crippen molar-refractivity contribution in [3.63, 3.8) is 0 Å². The number of hydrogen-bond donors (Lipinski definition) is 2. The molecule has 0 spiro atoms. The summed E-state index contributed by atoms with van der Waals surface area (Å²) in [5.74, 6) is 1.47. The highest BCUT2D eigenvalue weighted by molar-refractivity contribution is 7.99. The van der Waals surface area contributed by atoms with Crippen LogP contribution in [-0.4, -0.2) is 41.2 Å². The largest absolute Gasteiger partial charge is 0.310 e. The summed E-state index contributed by atoms with van der Waals surface area (Å²) in [5, 5.41) is 12.2. The predicted molar refractivity (Wildman–Crippen MR) is 142 cm³/mol. The van der Waals surface area contributed by atoms with Crippen molar-refractivity contribution in [1.29, 1.82) is 0 Å². The third-order valence-electron chi connectivity index (χ3n) is 5.87. The summed E-state index contributed by atoms with van der Waals surface area (Å²) >= 11 is 1.52. The minimum absolute atomic E-state index is 0.166. The number of aromatic amines is 1. The van der Waals surface area contributed by atoms with Gasteiger partial charge in [-0.15, -0.1) is 11.8 Å². The number of aryl methyl sites for hydroxylation is 2. The molecule has 0 aliphatic heterocycles. The molecule has 36 heavy (non-hydrogen) atoms. The van der Waals surface area contributed by atoms with Crippen molar-refractivity contribution in [3.8, 4) is 11.6 Å². The zero-order valence-corrected chi connectivity index (χ0v) is 21.0. The quantitative estimate of drug-likeness (QED) is 0.349. The Kier molecular flexibility index (Phi) is 6.43. The lowest BCUT2D eigenvalue weighted by atomic mass is 10.1. The van der Waals surface area contributed by atoms with Gasteiger partial charge in [-0.2, -0.15) is 19.9 Å². The van der Waals surface area contributed by atoms with Gasteiger partial charge in [-0.1, -0.05) is 42.5 Å².